The highest BCUT2D eigenvalue weighted by molar-refractivity contribution is 5.75. The molecule has 0 aliphatic carbocycles. The molecule has 10 heteroatoms. The molecule has 0 aliphatic rings. The molecule has 0 aliphatic heterocycles. The van der Waals surface area contributed by atoms with E-state index in [0.717, 1.165) is 15.4 Å². The molecular weight excluding hydrogens is 405 g/mol. The van der Waals surface area contributed by atoms with Crippen molar-refractivity contribution in [2.24, 2.45) is 14.1 Å². The van der Waals surface area contributed by atoms with Crippen molar-refractivity contribution in [3.05, 3.63) is 72.4 Å². The number of nitrogens with zero attached hydrogens (tertiary/aromatic N) is 5. The lowest BCUT2D eigenvalue weighted by Gasteiger charge is -2.14. The van der Waals surface area contributed by atoms with E-state index < -0.39 is 22.6 Å². The Bertz CT molecular complexity index is 1490. The number of aromatic hydroxyl groups is 1. The van der Waals surface area contributed by atoms with Crippen molar-refractivity contribution in [2.75, 3.05) is 0 Å². The van der Waals surface area contributed by atoms with E-state index in [2.05, 4.69) is 4.98 Å². The summed E-state index contributed by atoms with van der Waals surface area (Å²) in [5.41, 5.74) is -1.11. The molecule has 0 radical (unpaired) electrons. The Morgan fingerprint density at radius 1 is 1.03 bits per heavy atom. The van der Waals surface area contributed by atoms with Gasteiger partial charge in [0.2, 0.25) is 11.7 Å². The number of benzene rings is 1. The van der Waals surface area contributed by atoms with Gasteiger partial charge in [0.15, 0.2) is 11.2 Å². The first-order valence-corrected chi connectivity index (χ1v) is 9.93. The van der Waals surface area contributed by atoms with Crippen LogP contribution in [0.15, 0.2) is 38.6 Å². The summed E-state index contributed by atoms with van der Waals surface area (Å²) in [6.07, 6.45) is 1.56. The molecule has 4 aromatic rings. The van der Waals surface area contributed by atoms with E-state index in [1.54, 1.807) is 0 Å². The van der Waals surface area contributed by atoms with Gasteiger partial charge in [-0.3, -0.25) is 23.3 Å². The van der Waals surface area contributed by atoms with Crippen LogP contribution in [0.25, 0.3) is 16.9 Å². The Kier molecular flexibility index (Phi) is 5.00. The zero-order chi connectivity index (χ0) is 22.4. The molecule has 1 N–H and O–H groups in total. The summed E-state index contributed by atoms with van der Waals surface area (Å²) in [5.74, 6) is -0.576. The second-order valence-corrected chi connectivity index (χ2v) is 7.54. The zero-order valence-corrected chi connectivity index (χ0v) is 17.4. The van der Waals surface area contributed by atoms with Crippen molar-refractivity contribution in [3.63, 3.8) is 0 Å². The Morgan fingerprint density at radius 2 is 1.71 bits per heavy atom. The standard InChI is InChI=1S/C21H22FN5O4/c1-4-5-10-26-17(28)14(11-12-6-8-13(22)9-7-12)18(29)27-15-16(23-20(26)27)24(2)21(31)25(3)19(15)30/h6-9,28H,4-5,10-11H2,1-3H3. The van der Waals surface area contributed by atoms with E-state index in [1.807, 2.05) is 6.92 Å². The molecule has 0 bridgehead atoms. The van der Waals surface area contributed by atoms with Crippen LogP contribution in [-0.2, 0) is 27.1 Å². The lowest BCUT2D eigenvalue weighted by Crippen LogP contribution is -2.38. The molecule has 0 saturated carbocycles. The second kappa shape index (κ2) is 7.53. The van der Waals surface area contributed by atoms with Crippen molar-refractivity contribution >= 4 is 16.9 Å². The number of unbranched alkanes of at least 4 members (excludes halogenated alkanes) is 1. The largest absolute Gasteiger partial charge is 0.494 e. The van der Waals surface area contributed by atoms with Crippen LogP contribution < -0.4 is 16.8 Å². The summed E-state index contributed by atoms with van der Waals surface area (Å²) in [6, 6.07) is 5.62. The molecule has 9 nitrogen and oxygen atoms in total. The first kappa shape index (κ1) is 20.6. The van der Waals surface area contributed by atoms with Gasteiger partial charge in [0.1, 0.15) is 5.82 Å². The van der Waals surface area contributed by atoms with Gasteiger partial charge in [-0.05, 0) is 24.1 Å². The van der Waals surface area contributed by atoms with E-state index in [0.29, 0.717) is 18.5 Å². The fourth-order valence-electron chi connectivity index (χ4n) is 3.73. The van der Waals surface area contributed by atoms with Gasteiger partial charge in [0.05, 0.1) is 5.56 Å². The first-order valence-electron chi connectivity index (χ1n) is 9.93. The second-order valence-electron chi connectivity index (χ2n) is 7.54. The number of rotatable bonds is 5. The normalized spacial score (nSPS) is 11.6. The van der Waals surface area contributed by atoms with E-state index >= 15 is 0 Å². The molecule has 4 rings (SSSR count). The maximum atomic E-state index is 13.4. The van der Waals surface area contributed by atoms with Gasteiger partial charge in [0.25, 0.3) is 11.1 Å². The number of imidazole rings is 1. The van der Waals surface area contributed by atoms with Crippen LogP contribution in [0.4, 0.5) is 4.39 Å². The van der Waals surface area contributed by atoms with Crippen LogP contribution in [0.1, 0.15) is 30.9 Å². The predicted octanol–water partition coefficient (Wildman–Crippen LogP) is 1.28. The van der Waals surface area contributed by atoms with Gasteiger partial charge in [-0.1, -0.05) is 25.5 Å². The zero-order valence-electron chi connectivity index (χ0n) is 17.4. The molecule has 3 heterocycles. The number of hydrogen-bond acceptors (Lipinski definition) is 5. The molecule has 0 spiro atoms. The molecule has 0 unspecified atom stereocenters. The summed E-state index contributed by atoms with van der Waals surface area (Å²) < 4.78 is 18.0. The molecule has 0 atom stereocenters. The molecule has 0 amide bonds. The Hall–Kier alpha value is -3.69. The highest BCUT2D eigenvalue weighted by Gasteiger charge is 2.24. The van der Waals surface area contributed by atoms with E-state index in [9.17, 15) is 23.9 Å². The predicted molar refractivity (Wildman–Crippen MR) is 113 cm³/mol. The summed E-state index contributed by atoms with van der Waals surface area (Å²) in [6.45, 7) is 2.35. The Balaban J connectivity index is 2.13. The maximum absolute atomic E-state index is 13.4. The van der Waals surface area contributed by atoms with Gasteiger partial charge in [-0.2, -0.15) is 4.98 Å². The van der Waals surface area contributed by atoms with Crippen molar-refractivity contribution < 1.29 is 9.50 Å². The molecule has 1 aromatic carbocycles. The van der Waals surface area contributed by atoms with Gasteiger partial charge < -0.3 is 5.11 Å². The van der Waals surface area contributed by atoms with Crippen molar-refractivity contribution in [2.45, 2.75) is 32.7 Å². The first-order chi connectivity index (χ1) is 14.8. The number of aromatic nitrogens is 5. The summed E-state index contributed by atoms with van der Waals surface area (Å²) >= 11 is 0. The van der Waals surface area contributed by atoms with E-state index in [-0.39, 0.29) is 34.8 Å². The van der Waals surface area contributed by atoms with Crippen LogP contribution in [0.5, 0.6) is 5.88 Å². The fraction of sp³-hybridized carbons (Fsp3) is 0.333. The molecular formula is C21H22FN5O4. The van der Waals surface area contributed by atoms with Crippen molar-refractivity contribution in [3.8, 4) is 5.88 Å². The minimum absolute atomic E-state index is 0.0322. The topological polar surface area (TPSA) is 104 Å². The molecule has 0 saturated heterocycles. The highest BCUT2D eigenvalue weighted by Crippen LogP contribution is 2.23. The lowest BCUT2D eigenvalue weighted by atomic mass is 10.1. The minimum Gasteiger partial charge on any atom is -0.494 e. The smallest absolute Gasteiger partial charge is 0.332 e. The molecule has 0 fully saturated rings. The minimum atomic E-state index is -0.650. The third kappa shape index (κ3) is 3.15. The third-order valence-corrected chi connectivity index (χ3v) is 5.50. The quantitative estimate of drug-likeness (QED) is 0.517. The van der Waals surface area contributed by atoms with Crippen LogP contribution in [0.2, 0.25) is 0 Å². The van der Waals surface area contributed by atoms with Gasteiger partial charge in [0, 0.05) is 27.1 Å². The van der Waals surface area contributed by atoms with Crippen LogP contribution >= 0.6 is 0 Å². The van der Waals surface area contributed by atoms with E-state index in [1.165, 1.54) is 47.5 Å². The average molecular weight is 427 g/mol. The van der Waals surface area contributed by atoms with Crippen molar-refractivity contribution in [1.82, 2.24) is 23.1 Å². The number of hydrogen-bond donors (Lipinski definition) is 1. The van der Waals surface area contributed by atoms with Crippen molar-refractivity contribution in [1.29, 1.82) is 0 Å². The SMILES string of the molecule is CCCCn1c(O)c(Cc2ccc(F)cc2)c(=O)n2c3c(=O)n(C)c(=O)n(C)c3nc12. The summed E-state index contributed by atoms with van der Waals surface area (Å²) in [4.78, 5) is 43.0. The molecule has 3 aromatic heterocycles. The lowest BCUT2D eigenvalue weighted by molar-refractivity contribution is 0.401. The Morgan fingerprint density at radius 3 is 2.35 bits per heavy atom. The van der Waals surface area contributed by atoms with Crippen LogP contribution in [0, 0.1) is 5.82 Å². The summed E-state index contributed by atoms with van der Waals surface area (Å²) in [5, 5.41) is 11.0. The number of halogens is 1. The van der Waals surface area contributed by atoms with Gasteiger partial charge >= 0.3 is 5.69 Å². The average Bonchev–Trinajstić information content (AvgIpc) is 3.16. The van der Waals surface area contributed by atoms with Gasteiger partial charge in [-0.15, -0.1) is 0 Å². The van der Waals surface area contributed by atoms with Crippen LogP contribution in [-0.4, -0.2) is 28.2 Å². The monoisotopic (exact) mass is 427 g/mol. The number of aryl methyl sites for hydroxylation is 2. The fourth-order valence-corrected chi connectivity index (χ4v) is 3.73. The highest BCUT2D eigenvalue weighted by atomic mass is 19.1. The maximum Gasteiger partial charge on any atom is 0.332 e. The third-order valence-electron chi connectivity index (χ3n) is 5.50. The van der Waals surface area contributed by atoms with E-state index in [4.69, 9.17) is 0 Å². The van der Waals surface area contributed by atoms with Crippen LogP contribution in [0.3, 0.4) is 0 Å². The number of fused-ring (bicyclic) bond motifs is 3. The molecule has 31 heavy (non-hydrogen) atoms. The molecule has 162 valence electrons. The Labute approximate surface area is 175 Å². The summed E-state index contributed by atoms with van der Waals surface area (Å²) in [7, 11) is 2.80. The van der Waals surface area contributed by atoms with Gasteiger partial charge in [-0.25, -0.2) is 13.6 Å².